The summed E-state index contributed by atoms with van der Waals surface area (Å²) in [5, 5.41) is 6.06. The van der Waals surface area contributed by atoms with E-state index in [0.29, 0.717) is 5.69 Å². The third kappa shape index (κ3) is 3.11. The SMILES string of the molecule is Cc1cc(NC(=O)CN(C)c2c(F)cccc2F)on1. The minimum Gasteiger partial charge on any atom is -0.361 e. The van der Waals surface area contributed by atoms with Gasteiger partial charge in [0.2, 0.25) is 11.8 Å². The van der Waals surface area contributed by atoms with Crippen molar-refractivity contribution in [3.8, 4) is 0 Å². The summed E-state index contributed by atoms with van der Waals surface area (Å²) in [7, 11) is 1.42. The minimum atomic E-state index is -0.726. The maximum absolute atomic E-state index is 13.5. The van der Waals surface area contributed by atoms with E-state index in [-0.39, 0.29) is 18.1 Å². The lowest BCUT2D eigenvalue weighted by Gasteiger charge is -2.19. The van der Waals surface area contributed by atoms with Gasteiger partial charge in [-0.25, -0.2) is 8.78 Å². The van der Waals surface area contributed by atoms with E-state index in [2.05, 4.69) is 10.5 Å². The molecule has 0 atom stereocenters. The molecule has 1 aromatic heterocycles. The number of nitrogens with one attached hydrogen (secondary N) is 1. The second-order valence-corrected chi connectivity index (χ2v) is 4.31. The molecule has 0 saturated heterocycles. The van der Waals surface area contributed by atoms with E-state index in [9.17, 15) is 13.6 Å². The van der Waals surface area contributed by atoms with Crippen molar-refractivity contribution < 1.29 is 18.1 Å². The number of para-hydroxylation sites is 1. The van der Waals surface area contributed by atoms with Gasteiger partial charge < -0.3 is 9.42 Å². The van der Waals surface area contributed by atoms with E-state index in [1.165, 1.54) is 18.0 Å². The number of aromatic nitrogens is 1. The molecule has 20 heavy (non-hydrogen) atoms. The van der Waals surface area contributed by atoms with Gasteiger partial charge in [-0.3, -0.25) is 10.1 Å². The molecule has 0 fully saturated rings. The molecule has 1 heterocycles. The normalized spacial score (nSPS) is 10.4. The molecule has 106 valence electrons. The molecule has 2 rings (SSSR count). The molecular weight excluding hydrogens is 268 g/mol. The minimum absolute atomic E-state index is 0.190. The Labute approximate surface area is 114 Å². The van der Waals surface area contributed by atoms with Crippen molar-refractivity contribution in [2.45, 2.75) is 6.92 Å². The third-order valence-electron chi connectivity index (χ3n) is 2.59. The number of halogens is 2. The van der Waals surface area contributed by atoms with Gasteiger partial charge in [0.1, 0.15) is 17.3 Å². The Morgan fingerprint density at radius 1 is 1.40 bits per heavy atom. The summed E-state index contributed by atoms with van der Waals surface area (Å²) in [4.78, 5) is 12.9. The van der Waals surface area contributed by atoms with Crippen LogP contribution in [0.3, 0.4) is 0 Å². The van der Waals surface area contributed by atoms with Crippen molar-refractivity contribution >= 4 is 17.5 Å². The molecule has 0 radical (unpaired) electrons. The fraction of sp³-hybridized carbons (Fsp3) is 0.231. The number of rotatable bonds is 4. The zero-order chi connectivity index (χ0) is 14.7. The first-order chi connectivity index (χ1) is 9.47. The first-order valence-corrected chi connectivity index (χ1v) is 5.85. The van der Waals surface area contributed by atoms with E-state index in [1.54, 1.807) is 13.0 Å². The fourth-order valence-electron chi connectivity index (χ4n) is 1.75. The number of likely N-dealkylation sites (N-methyl/N-ethyl adjacent to an activating group) is 1. The summed E-state index contributed by atoms with van der Waals surface area (Å²) >= 11 is 0. The van der Waals surface area contributed by atoms with Crippen molar-refractivity contribution in [2.24, 2.45) is 0 Å². The van der Waals surface area contributed by atoms with Crippen molar-refractivity contribution in [3.63, 3.8) is 0 Å². The van der Waals surface area contributed by atoms with Crippen LogP contribution in [-0.4, -0.2) is 24.7 Å². The maximum Gasteiger partial charge on any atom is 0.246 e. The number of aryl methyl sites for hydroxylation is 1. The molecule has 0 aliphatic heterocycles. The number of hydrogen-bond acceptors (Lipinski definition) is 4. The van der Waals surface area contributed by atoms with E-state index >= 15 is 0 Å². The van der Waals surface area contributed by atoms with Crippen molar-refractivity contribution in [1.82, 2.24) is 5.16 Å². The number of benzene rings is 1. The standard InChI is InChI=1S/C13H13F2N3O2/c1-8-6-12(20-17-8)16-11(19)7-18(2)13-9(14)4-3-5-10(13)15/h3-6H,7H2,1-2H3,(H,16,19). The van der Waals surface area contributed by atoms with Crippen LogP contribution >= 0.6 is 0 Å². The van der Waals surface area contributed by atoms with Gasteiger partial charge in [0.05, 0.1) is 12.2 Å². The highest BCUT2D eigenvalue weighted by Gasteiger charge is 2.16. The van der Waals surface area contributed by atoms with Gasteiger partial charge in [-0.1, -0.05) is 11.2 Å². The molecule has 0 aliphatic carbocycles. The van der Waals surface area contributed by atoms with Gasteiger partial charge in [0.25, 0.3) is 0 Å². The van der Waals surface area contributed by atoms with Gasteiger partial charge in [-0.15, -0.1) is 0 Å². The Bertz CT molecular complexity index is 608. The van der Waals surface area contributed by atoms with Crippen LogP contribution < -0.4 is 10.2 Å². The number of anilines is 2. The van der Waals surface area contributed by atoms with E-state index in [0.717, 1.165) is 12.1 Å². The topological polar surface area (TPSA) is 58.4 Å². The molecule has 5 nitrogen and oxygen atoms in total. The predicted molar refractivity (Wildman–Crippen MR) is 69.5 cm³/mol. The van der Waals surface area contributed by atoms with Crippen LogP contribution in [0.4, 0.5) is 20.4 Å². The average molecular weight is 281 g/mol. The van der Waals surface area contributed by atoms with Gasteiger partial charge in [0, 0.05) is 13.1 Å². The van der Waals surface area contributed by atoms with E-state index in [4.69, 9.17) is 4.52 Å². The quantitative estimate of drug-likeness (QED) is 0.934. The molecule has 1 aromatic carbocycles. The van der Waals surface area contributed by atoms with Crippen LogP contribution in [0.1, 0.15) is 5.69 Å². The van der Waals surface area contributed by atoms with Gasteiger partial charge in [-0.2, -0.15) is 0 Å². The fourth-order valence-corrected chi connectivity index (χ4v) is 1.75. The van der Waals surface area contributed by atoms with Crippen LogP contribution in [0.5, 0.6) is 0 Å². The van der Waals surface area contributed by atoms with Crippen LogP contribution in [0.25, 0.3) is 0 Å². The Hall–Kier alpha value is -2.44. The predicted octanol–water partition coefficient (Wildman–Crippen LogP) is 2.34. The molecular formula is C13H13F2N3O2. The highest BCUT2D eigenvalue weighted by Crippen LogP contribution is 2.21. The number of nitrogens with zero attached hydrogens (tertiary/aromatic N) is 2. The molecule has 0 unspecified atom stereocenters. The summed E-state index contributed by atoms with van der Waals surface area (Å²) in [6.07, 6.45) is 0. The summed E-state index contributed by atoms with van der Waals surface area (Å²) in [6, 6.07) is 5.07. The van der Waals surface area contributed by atoms with Crippen LogP contribution in [0.2, 0.25) is 0 Å². The largest absolute Gasteiger partial charge is 0.361 e. The van der Waals surface area contributed by atoms with Crippen LogP contribution in [0.15, 0.2) is 28.8 Å². The van der Waals surface area contributed by atoms with Crippen molar-refractivity contribution in [1.29, 1.82) is 0 Å². The summed E-state index contributed by atoms with van der Waals surface area (Å²) in [5.41, 5.74) is 0.366. The van der Waals surface area contributed by atoms with Gasteiger partial charge in [0.15, 0.2) is 0 Å². The molecule has 2 aromatic rings. The molecule has 0 spiro atoms. The summed E-state index contributed by atoms with van der Waals surface area (Å²) in [6.45, 7) is 1.48. The monoisotopic (exact) mass is 281 g/mol. The first-order valence-electron chi connectivity index (χ1n) is 5.85. The lowest BCUT2D eigenvalue weighted by Crippen LogP contribution is -2.31. The third-order valence-corrected chi connectivity index (χ3v) is 2.59. The lowest BCUT2D eigenvalue weighted by molar-refractivity contribution is -0.115. The lowest BCUT2D eigenvalue weighted by atomic mass is 10.2. The molecule has 1 amide bonds. The second-order valence-electron chi connectivity index (χ2n) is 4.31. The smallest absolute Gasteiger partial charge is 0.246 e. The van der Waals surface area contributed by atoms with Crippen molar-refractivity contribution in [2.75, 3.05) is 23.8 Å². The Kier molecular flexibility index (Phi) is 3.97. The molecule has 0 bridgehead atoms. The van der Waals surface area contributed by atoms with Crippen LogP contribution in [-0.2, 0) is 4.79 Å². The number of amides is 1. The average Bonchev–Trinajstić information content (AvgIpc) is 2.74. The van der Waals surface area contributed by atoms with Crippen LogP contribution in [0, 0.1) is 18.6 Å². The highest BCUT2D eigenvalue weighted by atomic mass is 19.1. The molecule has 7 heteroatoms. The molecule has 1 N–H and O–H groups in total. The number of carbonyl (C=O) groups is 1. The number of carbonyl (C=O) groups excluding carboxylic acids is 1. The summed E-state index contributed by atoms with van der Waals surface area (Å²) in [5.74, 6) is -1.73. The Morgan fingerprint density at radius 2 is 2.05 bits per heavy atom. The van der Waals surface area contributed by atoms with E-state index < -0.39 is 17.5 Å². The Balaban J connectivity index is 2.04. The zero-order valence-corrected chi connectivity index (χ0v) is 11.0. The Morgan fingerprint density at radius 3 is 2.60 bits per heavy atom. The van der Waals surface area contributed by atoms with E-state index in [1.807, 2.05) is 0 Å². The molecule has 0 saturated carbocycles. The van der Waals surface area contributed by atoms with Crippen molar-refractivity contribution in [3.05, 3.63) is 41.6 Å². The molecule has 0 aliphatic rings. The van der Waals surface area contributed by atoms with Gasteiger partial charge in [-0.05, 0) is 19.1 Å². The van der Waals surface area contributed by atoms with Gasteiger partial charge >= 0.3 is 0 Å². The number of hydrogen-bond donors (Lipinski definition) is 1. The second kappa shape index (κ2) is 5.68. The summed E-state index contributed by atoms with van der Waals surface area (Å²) < 4.78 is 31.9. The first kappa shape index (κ1) is 14.0. The zero-order valence-electron chi connectivity index (χ0n) is 11.0. The maximum atomic E-state index is 13.5. The highest BCUT2D eigenvalue weighted by molar-refractivity contribution is 5.92.